The van der Waals surface area contributed by atoms with Gasteiger partial charge in [-0.2, -0.15) is 5.10 Å². The molecule has 0 spiro atoms. The molecule has 2 heterocycles. The molecule has 2 aromatic heterocycles. The number of H-pyrrole nitrogens is 1. The highest BCUT2D eigenvalue weighted by molar-refractivity contribution is 5.77. The standard InChI is InChI=1S/C18H22FN5O2/c1-11-6-13(3)24(23-11)8-12(2)20-18(25)10-26-9-17-21-15-5-4-14(19)7-16(15)22-17/h4-7,12H,8-10H2,1-3H3,(H,20,25)(H,21,22). The van der Waals surface area contributed by atoms with Crippen LogP contribution in [0.15, 0.2) is 24.3 Å². The lowest BCUT2D eigenvalue weighted by molar-refractivity contribution is -0.126. The minimum Gasteiger partial charge on any atom is -0.364 e. The van der Waals surface area contributed by atoms with Gasteiger partial charge in [-0.25, -0.2) is 9.37 Å². The van der Waals surface area contributed by atoms with Crippen LogP contribution in [0, 0.1) is 19.7 Å². The largest absolute Gasteiger partial charge is 0.364 e. The zero-order valence-corrected chi connectivity index (χ0v) is 15.0. The van der Waals surface area contributed by atoms with E-state index >= 15 is 0 Å². The number of rotatable bonds is 7. The second-order valence-electron chi connectivity index (χ2n) is 6.42. The number of hydrogen-bond donors (Lipinski definition) is 2. The van der Waals surface area contributed by atoms with Crippen molar-refractivity contribution in [2.75, 3.05) is 6.61 Å². The summed E-state index contributed by atoms with van der Waals surface area (Å²) in [5, 5.41) is 7.26. The minimum atomic E-state index is -0.329. The summed E-state index contributed by atoms with van der Waals surface area (Å²) in [5.41, 5.74) is 3.27. The Labute approximate surface area is 150 Å². The van der Waals surface area contributed by atoms with Crippen LogP contribution in [-0.2, 0) is 22.7 Å². The first-order valence-electron chi connectivity index (χ1n) is 8.43. The number of halogens is 1. The van der Waals surface area contributed by atoms with E-state index in [1.807, 2.05) is 31.5 Å². The summed E-state index contributed by atoms with van der Waals surface area (Å²) in [4.78, 5) is 19.3. The van der Waals surface area contributed by atoms with Crippen molar-refractivity contribution in [3.05, 3.63) is 47.3 Å². The van der Waals surface area contributed by atoms with E-state index in [1.54, 1.807) is 6.07 Å². The van der Waals surface area contributed by atoms with Crippen molar-refractivity contribution in [2.45, 2.75) is 40.0 Å². The second kappa shape index (κ2) is 7.65. The van der Waals surface area contributed by atoms with Crippen LogP contribution in [0.4, 0.5) is 4.39 Å². The molecule has 0 aliphatic heterocycles. The quantitative estimate of drug-likeness (QED) is 0.677. The Hall–Kier alpha value is -2.74. The van der Waals surface area contributed by atoms with Crippen LogP contribution in [0.3, 0.4) is 0 Å². The summed E-state index contributed by atoms with van der Waals surface area (Å²) in [6, 6.07) is 6.25. The molecule has 1 amide bonds. The van der Waals surface area contributed by atoms with Crippen LogP contribution < -0.4 is 5.32 Å². The Morgan fingerprint density at radius 1 is 1.38 bits per heavy atom. The van der Waals surface area contributed by atoms with Gasteiger partial charge in [0, 0.05) is 11.7 Å². The van der Waals surface area contributed by atoms with Gasteiger partial charge in [-0.15, -0.1) is 0 Å². The van der Waals surface area contributed by atoms with Crippen molar-refractivity contribution >= 4 is 16.9 Å². The molecule has 0 fully saturated rings. The molecular weight excluding hydrogens is 337 g/mol. The van der Waals surface area contributed by atoms with Crippen LogP contribution in [0.1, 0.15) is 24.1 Å². The van der Waals surface area contributed by atoms with Gasteiger partial charge in [0.05, 0.1) is 23.3 Å². The maximum Gasteiger partial charge on any atom is 0.246 e. The Balaban J connectivity index is 1.45. The number of nitrogens with one attached hydrogen (secondary N) is 2. The zero-order valence-electron chi connectivity index (χ0n) is 15.0. The van der Waals surface area contributed by atoms with E-state index in [4.69, 9.17) is 4.74 Å². The molecular formula is C18H22FN5O2. The van der Waals surface area contributed by atoms with Gasteiger partial charge in [0.15, 0.2) is 0 Å². The summed E-state index contributed by atoms with van der Waals surface area (Å²) >= 11 is 0. The van der Waals surface area contributed by atoms with E-state index < -0.39 is 0 Å². The van der Waals surface area contributed by atoms with Gasteiger partial charge in [0.25, 0.3) is 0 Å². The number of carbonyl (C=O) groups excluding carboxylic acids is 1. The van der Waals surface area contributed by atoms with Crippen molar-refractivity contribution in [1.82, 2.24) is 25.1 Å². The fraction of sp³-hybridized carbons (Fsp3) is 0.389. The fourth-order valence-electron chi connectivity index (χ4n) is 2.82. The van der Waals surface area contributed by atoms with Crippen molar-refractivity contribution in [2.24, 2.45) is 0 Å². The van der Waals surface area contributed by atoms with Crippen LogP contribution >= 0.6 is 0 Å². The topological polar surface area (TPSA) is 84.8 Å². The maximum atomic E-state index is 13.2. The molecule has 138 valence electrons. The van der Waals surface area contributed by atoms with Gasteiger partial charge >= 0.3 is 0 Å². The Morgan fingerprint density at radius 3 is 2.92 bits per heavy atom. The Kier molecular flexibility index (Phi) is 5.32. The van der Waals surface area contributed by atoms with Crippen molar-refractivity contribution in [3.8, 4) is 0 Å². The number of imidazole rings is 1. The first-order chi connectivity index (χ1) is 12.4. The lowest BCUT2D eigenvalue weighted by Gasteiger charge is -2.15. The molecule has 1 atom stereocenters. The van der Waals surface area contributed by atoms with Gasteiger partial charge in [-0.05, 0) is 45.0 Å². The predicted molar refractivity (Wildman–Crippen MR) is 95.0 cm³/mol. The normalized spacial score (nSPS) is 12.5. The van der Waals surface area contributed by atoms with Gasteiger partial charge in [0.1, 0.15) is 24.9 Å². The second-order valence-corrected chi connectivity index (χ2v) is 6.42. The number of amides is 1. The summed E-state index contributed by atoms with van der Waals surface area (Å²) in [5.74, 6) is 0.0138. The summed E-state index contributed by atoms with van der Waals surface area (Å²) < 4.78 is 20.4. The maximum absolute atomic E-state index is 13.2. The molecule has 0 aliphatic carbocycles. The zero-order chi connectivity index (χ0) is 18.7. The van der Waals surface area contributed by atoms with Crippen molar-refractivity contribution < 1.29 is 13.9 Å². The smallest absolute Gasteiger partial charge is 0.246 e. The molecule has 3 aromatic rings. The number of fused-ring (bicyclic) bond motifs is 1. The van der Waals surface area contributed by atoms with Crippen LogP contribution in [-0.4, -0.2) is 38.3 Å². The van der Waals surface area contributed by atoms with Gasteiger partial charge in [-0.3, -0.25) is 9.48 Å². The summed E-state index contributed by atoms with van der Waals surface area (Å²) in [6.07, 6.45) is 0. The first kappa shape index (κ1) is 18.1. The Morgan fingerprint density at radius 2 is 2.19 bits per heavy atom. The highest BCUT2D eigenvalue weighted by Crippen LogP contribution is 2.13. The molecule has 26 heavy (non-hydrogen) atoms. The third-order valence-electron chi connectivity index (χ3n) is 3.92. The van der Waals surface area contributed by atoms with Crippen LogP contribution in [0.2, 0.25) is 0 Å². The van der Waals surface area contributed by atoms with Crippen LogP contribution in [0.5, 0.6) is 0 Å². The number of aromatic nitrogens is 4. The van der Waals surface area contributed by atoms with Crippen LogP contribution in [0.25, 0.3) is 11.0 Å². The third kappa shape index (κ3) is 4.45. The number of ether oxygens (including phenoxy) is 1. The number of hydrogen-bond acceptors (Lipinski definition) is 4. The average molecular weight is 359 g/mol. The van der Waals surface area contributed by atoms with Gasteiger partial charge in [-0.1, -0.05) is 0 Å². The minimum absolute atomic E-state index is 0.0710. The molecule has 0 radical (unpaired) electrons. The molecule has 3 rings (SSSR count). The molecule has 0 aliphatic rings. The number of benzene rings is 1. The van der Waals surface area contributed by atoms with E-state index in [9.17, 15) is 9.18 Å². The molecule has 1 unspecified atom stereocenters. The number of aryl methyl sites for hydroxylation is 2. The fourth-order valence-corrected chi connectivity index (χ4v) is 2.82. The molecule has 2 N–H and O–H groups in total. The van der Waals surface area contributed by atoms with E-state index in [0.29, 0.717) is 23.4 Å². The number of nitrogens with zero attached hydrogens (tertiary/aromatic N) is 3. The highest BCUT2D eigenvalue weighted by Gasteiger charge is 2.11. The Bertz CT molecular complexity index is 918. The highest BCUT2D eigenvalue weighted by atomic mass is 19.1. The molecule has 0 saturated heterocycles. The van der Waals surface area contributed by atoms with Crippen molar-refractivity contribution in [3.63, 3.8) is 0 Å². The molecule has 0 saturated carbocycles. The number of carbonyl (C=O) groups is 1. The predicted octanol–water partition coefficient (Wildman–Crippen LogP) is 2.24. The monoisotopic (exact) mass is 359 g/mol. The summed E-state index contributed by atoms with van der Waals surface area (Å²) in [6.45, 7) is 6.51. The van der Waals surface area contributed by atoms with E-state index in [1.165, 1.54) is 12.1 Å². The van der Waals surface area contributed by atoms with Gasteiger partial charge < -0.3 is 15.0 Å². The van der Waals surface area contributed by atoms with E-state index in [0.717, 1.165) is 11.4 Å². The lowest BCUT2D eigenvalue weighted by Crippen LogP contribution is -2.38. The summed E-state index contributed by atoms with van der Waals surface area (Å²) in [7, 11) is 0. The van der Waals surface area contributed by atoms with Crippen molar-refractivity contribution in [1.29, 1.82) is 0 Å². The van der Waals surface area contributed by atoms with E-state index in [-0.39, 0.29) is 31.0 Å². The van der Waals surface area contributed by atoms with Gasteiger partial charge in [0.2, 0.25) is 5.91 Å². The number of aromatic amines is 1. The SMILES string of the molecule is Cc1cc(C)n(CC(C)NC(=O)COCc2nc3ccc(F)cc3[nH]2)n1. The molecule has 1 aromatic carbocycles. The molecule has 7 nitrogen and oxygen atoms in total. The average Bonchev–Trinajstić information content (AvgIpc) is 3.09. The lowest BCUT2D eigenvalue weighted by atomic mass is 10.3. The first-order valence-corrected chi connectivity index (χ1v) is 8.43. The molecule has 0 bridgehead atoms. The third-order valence-corrected chi connectivity index (χ3v) is 3.92. The van der Waals surface area contributed by atoms with E-state index in [2.05, 4.69) is 20.4 Å². The molecule has 8 heteroatoms.